The maximum Gasteiger partial charge on any atom is 0.0966 e. The molecule has 2 atom stereocenters. The van der Waals surface area contributed by atoms with E-state index in [0.717, 1.165) is 5.56 Å². The molecule has 0 saturated heterocycles. The first kappa shape index (κ1) is 14.5. The Kier molecular flexibility index (Phi) is 6.52. The van der Waals surface area contributed by atoms with Crippen LogP contribution in [0.4, 0.5) is 0 Å². The van der Waals surface area contributed by atoms with Gasteiger partial charge in [0.05, 0.1) is 18.8 Å². The molecule has 4 heteroatoms. The molecule has 0 heterocycles. The Hall–Kier alpha value is -0.610. The lowest BCUT2D eigenvalue weighted by Gasteiger charge is -2.22. The highest BCUT2D eigenvalue weighted by molar-refractivity contribution is 6.31. The van der Waals surface area contributed by atoms with E-state index in [1.54, 1.807) is 0 Å². The van der Waals surface area contributed by atoms with Crippen molar-refractivity contribution < 1.29 is 9.47 Å². The lowest BCUT2D eigenvalue weighted by Crippen LogP contribution is -2.24. The summed E-state index contributed by atoms with van der Waals surface area (Å²) in [7, 11) is 0. The van der Waals surface area contributed by atoms with Crippen molar-refractivity contribution in [1.29, 1.82) is 0 Å². The molecule has 17 heavy (non-hydrogen) atoms. The SMILES string of the molecule is CCOCC(C)OC(CN)c1ccccc1Cl. The summed E-state index contributed by atoms with van der Waals surface area (Å²) in [6.45, 7) is 5.58. The molecule has 0 bridgehead atoms. The Labute approximate surface area is 108 Å². The van der Waals surface area contributed by atoms with Gasteiger partial charge in [0.15, 0.2) is 0 Å². The summed E-state index contributed by atoms with van der Waals surface area (Å²) >= 11 is 6.12. The maximum absolute atomic E-state index is 6.12. The van der Waals surface area contributed by atoms with Crippen LogP contribution in [0.3, 0.4) is 0 Å². The fourth-order valence-electron chi connectivity index (χ4n) is 1.60. The second kappa shape index (κ2) is 7.67. The monoisotopic (exact) mass is 257 g/mol. The Bertz CT molecular complexity index is 333. The van der Waals surface area contributed by atoms with Gasteiger partial charge in [0.25, 0.3) is 0 Å². The van der Waals surface area contributed by atoms with Gasteiger partial charge in [-0.2, -0.15) is 0 Å². The van der Waals surface area contributed by atoms with Crippen LogP contribution in [0.15, 0.2) is 24.3 Å². The molecule has 3 nitrogen and oxygen atoms in total. The normalized spacial score (nSPS) is 14.6. The number of halogens is 1. The van der Waals surface area contributed by atoms with Crippen molar-refractivity contribution in [2.75, 3.05) is 19.8 Å². The Morgan fingerprint density at radius 2 is 2.06 bits per heavy atom. The molecule has 0 aromatic heterocycles. The van der Waals surface area contributed by atoms with E-state index in [1.807, 2.05) is 38.1 Å². The highest BCUT2D eigenvalue weighted by atomic mass is 35.5. The smallest absolute Gasteiger partial charge is 0.0966 e. The van der Waals surface area contributed by atoms with E-state index in [1.165, 1.54) is 0 Å². The summed E-state index contributed by atoms with van der Waals surface area (Å²) < 4.78 is 11.1. The lowest BCUT2D eigenvalue weighted by molar-refractivity contribution is -0.0441. The zero-order valence-corrected chi connectivity index (χ0v) is 11.1. The van der Waals surface area contributed by atoms with Gasteiger partial charge >= 0.3 is 0 Å². The minimum Gasteiger partial charge on any atom is -0.379 e. The predicted octanol–water partition coefficient (Wildman–Crippen LogP) is 2.78. The van der Waals surface area contributed by atoms with Crippen molar-refractivity contribution in [1.82, 2.24) is 0 Å². The number of ether oxygens (including phenoxy) is 2. The van der Waals surface area contributed by atoms with Gasteiger partial charge in [0.2, 0.25) is 0 Å². The molecular formula is C13H20ClNO2. The van der Waals surface area contributed by atoms with Gasteiger partial charge in [0, 0.05) is 23.7 Å². The molecule has 0 amide bonds. The van der Waals surface area contributed by atoms with Crippen LogP contribution in [0, 0.1) is 0 Å². The van der Waals surface area contributed by atoms with E-state index >= 15 is 0 Å². The predicted molar refractivity (Wildman–Crippen MR) is 70.3 cm³/mol. The molecule has 1 aromatic rings. The van der Waals surface area contributed by atoms with Crippen molar-refractivity contribution >= 4 is 11.6 Å². The summed E-state index contributed by atoms with van der Waals surface area (Å²) in [6.07, 6.45) is -0.182. The van der Waals surface area contributed by atoms with E-state index in [9.17, 15) is 0 Å². The molecule has 2 N–H and O–H groups in total. The third kappa shape index (κ3) is 4.64. The van der Waals surface area contributed by atoms with Gasteiger partial charge in [-0.3, -0.25) is 0 Å². The van der Waals surface area contributed by atoms with E-state index in [-0.39, 0.29) is 12.2 Å². The standard InChI is InChI=1S/C13H20ClNO2/c1-3-16-9-10(2)17-13(8-15)11-6-4-5-7-12(11)14/h4-7,10,13H,3,8-9,15H2,1-2H3. The highest BCUT2D eigenvalue weighted by Gasteiger charge is 2.16. The van der Waals surface area contributed by atoms with Gasteiger partial charge in [0.1, 0.15) is 0 Å². The summed E-state index contributed by atoms with van der Waals surface area (Å²) in [5.41, 5.74) is 6.66. The van der Waals surface area contributed by atoms with Gasteiger partial charge in [-0.1, -0.05) is 29.8 Å². The topological polar surface area (TPSA) is 44.5 Å². The molecule has 1 rings (SSSR count). The quantitative estimate of drug-likeness (QED) is 0.817. The molecule has 96 valence electrons. The fraction of sp³-hybridized carbons (Fsp3) is 0.538. The molecule has 0 radical (unpaired) electrons. The Morgan fingerprint density at radius 1 is 1.35 bits per heavy atom. The molecule has 0 saturated carbocycles. The molecule has 0 spiro atoms. The van der Waals surface area contributed by atoms with Crippen LogP contribution in [-0.4, -0.2) is 25.9 Å². The number of nitrogens with two attached hydrogens (primary N) is 1. The van der Waals surface area contributed by atoms with Crippen LogP contribution < -0.4 is 5.73 Å². The van der Waals surface area contributed by atoms with Crippen molar-refractivity contribution in [2.24, 2.45) is 5.73 Å². The number of hydrogen-bond donors (Lipinski definition) is 1. The summed E-state index contributed by atoms with van der Waals surface area (Å²) in [4.78, 5) is 0. The van der Waals surface area contributed by atoms with Crippen LogP contribution in [0.2, 0.25) is 5.02 Å². The molecule has 0 fully saturated rings. The minimum atomic E-state index is -0.181. The van der Waals surface area contributed by atoms with E-state index in [0.29, 0.717) is 24.8 Å². The first-order valence-corrected chi connectivity index (χ1v) is 6.24. The lowest BCUT2D eigenvalue weighted by atomic mass is 10.1. The highest BCUT2D eigenvalue weighted by Crippen LogP contribution is 2.25. The van der Waals surface area contributed by atoms with Gasteiger partial charge < -0.3 is 15.2 Å². The van der Waals surface area contributed by atoms with Crippen LogP contribution >= 0.6 is 11.6 Å². The first-order chi connectivity index (χ1) is 8.19. The minimum absolute atomic E-state index is 0.000210. The molecule has 0 aliphatic rings. The summed E-state index contributed by atoms with van der Waals surface area (Å²) in [5, 5.41) is 0.687. The summed E-state index contributed by atoms with van der Waals surface area (Å²) in [6, 6.07) is 7.60. The van der Waals surface area contributed by atoms with Crippen LogP contribution in [0.1, 0.15) is 25.5 Å². The van der Waals surface area contributed by atoms with Crippen LogP contribution in [-0.2, 0) is 9.47 Å². The molecule has 2 unspecified atom stereocenters. The van der Waals surface area contributed by atoms with Crippen LogP contribution in [0.25, 0.3) is 0 Å². The zero-order chi connectivity index (χ0) is 12.7. The molecular weight excluding hydrogens is 238 g/mol. The fourth-order valence-corrected chi connectivity index (χ4v) is 1.85. The Balaban J connectivity index is 2.62. The Morgan fingerprint density at radius 3 is 2.65 bits per heavy atom. The molecule has 0 aliphatic carbocycles. The second-order valence-electron chi connectivity index (χ2n) is 3.85. The van der Waals surface area contributed by atoms with Crippen molar-refractivity contribution in [3.8, 4) is 0 Å². The first-order valence-electron chi connectivity index (χ1n) is 5.86. The van der Waals surface area contributed by atoms with Crippen LogP contribution in [0.5, 0.6) is 0 Å². The van der Waals surface area contributed by atoms with E-state index in [2.05, 4.69) is 0 Å². The maximum atomic E-state index is 6.12. The summed E-state index contributed by atoms with van der Waals surface area (Å²) in [5.74, 6) is 0. The molecule has 0 aliphatic heterocycles. The van der Waals surface area contributed by atoms with Crippen molar-refractivity contribution in [3.63, 3.8) is 0 Å². The van der Waals surface area contributed by atoms with E-state index < -0.39 is 0 Å². The number of benzene rings is 1. The number of rotatable bonds is 7. The van der Waals surface area contributed by atoms with E-state index in [4.69, 9.17) is 26.8 Å². The van der Waals surface area contributed by atoms with Gasteiger partial charge in [-0.15, -0.1) is 0 Å². The average Bonchev–Trinajstić information content (AvgIpc) is 2.34. The van der Waals surface area contributed by atoms with Gasteiger partial charge in [-0.05, 0) is 19.9 Å². The third-order valence-electron chi connectivity index (χ3n) is 2.42. The second-order valence-corrected chi connectivity index (χ2v) is 4.26. The number of hydrogen-bond acceptors (Lipinski definition) is 3. The molecule has 1 aromatic carbocycles. The van der Waals surface area contributed by atoms with Crippen molar-refractivity contribution in [3.05, 3.63) is 34.9 Å². The van der Waals surface area contributed by atoms with Crippen molar-refractivity contribution in [2.45, 2.75) is 26.1 Å². The zero-order valence-electron chi connectivity index (χ0n) is 10.4. The average molecular weight is 258 g/mol. The third-order valence-corrected chi connectivity index (χ3v) is 2.76. The largest absolute Gasteiger partial charge is 0.379 e. The van der Waals surface area contributed by atoms with Gasteiger partial charge in [-0.25, -0.2) is 0 Å².